The summed E-state index contributed by atoms with van der Waals surface area (Å²) in [7, 11) is 1.60. The summed E-state index contributed by atoms with van der Waals surface area (Å²) in [5.74, 6) is 0.576. The summed E-state index contributed by atoms with van der Waals surface area (Å²) >= 11 is 0. The Bertz CT molecular complexity index is 670. The van der Waals surface area contributed by atoms with Gasteiger partial charge in [-0.15, -0.1) is 12.4 Å². The molecule has 1 N–H and O–H groups in total. The van der Waals surface area contributed by atoms with Crippen LogP contribution in [0.2, 0.25) is 0 Å². The standard InChI is InChI=1S/C19H25N3O3.ClH/c1-25-17-5-3-2-4-16(17)21-12-13(10-18(21)23)19(24)22-14-6-7-15(22)11-20-9-8-14;/h2-5,13-15,20H,6-12H2,1H3;1H. The van der Waals surface area contributed by atoms with Crippen molar-refractivity contribution in [2.75, 3.05) is 31.6 Å². The van der Waals surface area contributed by atoms with Crippen LogP contribution in [0.3, 0.4) is 0 Å². The highest BCUT2D eigenvalue weighted by atomic mass is 35.5. The quantitative estimate of drug-likeness (QED) is 0.870. The number of hydrogen-bond acceptors (Lipinski definition) is 4. The van der Waals surface area contributed by atoms with Gasteiger partial charge in [0.2, 0.25) is 11.8 Å². The van der Waals surface area contributed by atoms with E-state index in [1.807, 2.05) is 24.3 Å². The minimum absolute atomic E-state index is 0. The van der Waals surface area contributed by atoms with Gasteiger partial charge in [0.05, 0.1) is 18.7 Å². The molecular weight excluding hydrogens is 354 g/mol. The molecule has 4 rings (SSSR count). The van der Waals surface area contributed by atoms with Crippen LogP contribution in [-0.4, -0.2) is 55.5 Å². The van der Waals surface area contributed by atoms with Crippen molar-refractivity contribution in [3.05, 3.63) is 24.3 Å². The molecule has 3 fully saturated rings. The Morgan fingerprint density at radius 3 is 2.77 bits per heavy atom. The number of halogens is 1. The van der Waals surface area contributed by atoms with Crippen molar-refractivity contribution in [3.8, 4) is 5.75 Å². The van der Waals surface area contributed by atoms with E-state index in [2.05, 4.69) is 10.2 Å². The van der Waals surface area contributed by atoms with Gasteiger partial charge in [-0.25, -0.2) is 0 Å². The van der Waals surface area contributed by atoms with Crippen LogP contribution >= 0.6 is 12.4 Å². The predicted molar refractivity (Wildman–Crippen MR) is 102 cm³/mol. The Hall–Kier alpha value is -1.79. The highest BCUT2D eigenvalue weighted by molar-refractivity contribution is 6.01. The second-order valence-corrected chi connectivity index (χ2v) is 7.20. The minimum atomic E-state index is -0.251. The Morgan fingerprint density at radius 2 is 1.96 bits per heavy atom. The number of rotatable bonds is 3. The van der Waals surface area contributed by atoms with E-state index in [1.54, 1.807) is 12.0 Å². The molecule has 1 aromatic carbocycles. The third-order valence-corrected chi connectivity index (χ3v) is 5.76. The number of methoxy groups -OCH3 is 1. The number of carbonyl (C=O) groups is 2. The van der Waals surface area contributed by atoms with E-state index < -0.39 is 0 Å². The van der Waals surface area contributed by atoms with E-state index in [0.29, 0.717) is 24.8 Å². The van der Waals surface area contributed by atoms with Gasteiger partial charge in [-0.3, -0.25) is 9.59 Å². The van der Waals surface area contributed by atoms with E-state index >= 15 is 0 Å². The summed E-state index contributed by atoms with van der Waals surface area (Å²) < 4.78 is 5.38. The normalized spacial score (nSPS) is 27.9. The molecule has 3 aliphatic heterocycles. The molecular formula is C19H26ClN3O3. The molecule has 26 heavy (non-hydrogen) atoms. The van der Waals surface area contributed by atoms with Crippen molar-refractivity contribution in [1.82, 2.24) is 10.2 Å². The topological polar surface area (TPSA) is 61.9 Å². The highest BCUT2D eigenvalue weighted by Gasteiger charge is 2.44. The molecule has 0 aromatic heterocycles. The number of benzene rings is 1. The molecule has 6 nitrogen and oxygen atoms in total. The molecule has 0 aliphatic carbocycles. The van der Waals surface area contributed by atoms with E-state index in [1.165, 1.54) is 0 Å². The first-order valence-electron chi connectivity index (χ1n) is 9.15. The zero-order valence-corrected chi connectivity index (χ0v) is 15.8. The lowest BCUT2D eigenvalue weighted by Gasteiger charge is -2.30. The van der Waals surface area contributed by atoms with Gasteiger partial charge in [-0.05, 0) is 37.9 Å². The van der Waals surface area contributed by atoms with Crippen LogP contribution in [0.15, 0.2) is 24.3 Å². The van der Waals surface area contributed by atoms with Crippen LogP contribution in [0.1, 0.15) is 25.7 Å². The van der Waals surface area contributed by atoms with Crippen molar-refractivity contribution in [3.63, 3.8) is 0 Å². The number of amides is 2. The van der Waals surface area contributed by atoms with Crippen molar-refractivity contribution in [1.29, 1.82) is 0 Å². The van der Waals surface area contributed by atoms with Crippen molar-refractivity contribution >= 4 is 29.9 Å². The monoisotopic (exact) mass is 379 g/mol. The van der Waals surface area contributed by atoms with Gasteiger partial charge in [-0.2, -0.15) is 0 Å². The molecule has 0 radical (unpaired) electrons. The minimum Gasteiger partial charge on any atom is -0.495 e. The maximum Gasteiger partial charge on any atom is 0.228 e. The largest absolute Gasteiger partial charge is 0.495 e. The number of ether oxygens (including phenoxy) is 1. The second kappa shape index (κ2) is 7.84. The predicted octanol–water partition coefficient (Wildman–Crippen LogP) is 1.82. The van der Waals surface area contributed by atoms with Gasteiger partial charge >= 0.3 is 0 Å². The number of para-hydroxylation sites is 2. The van der Waals surface area contributed by atoms with Gasteiger partial charge in [0.25, 0.3) is 0 Å². The second-order valence-electron chi connectivity index (χ2n) is 7.20. The number of fused-ring (bicyclic) bond motifs is 2. The van der Waals surface area contributed by atoms with Crippen LogP contribution in [0.25, 0.3) is 0 Å². The molecule has 3 atom stereocenters. The van der Waals surface area contributed by atoms with Crippen LogP contribution < -0.4 is 15.0 Å². The molecule has 0 saturated carbocycles. The first-order chi connectivity index (χ1) is 12.2. The maximum absolute atomic E-state index is 13.2. The molecule has 2 amide bonds. The SMILES string of the molecule is COc1ccccc1N1CC(C(=O)N2C3CCNCC2CC3)CC1=O.Cl. The number of nitrogens with zero attached hydrogens (tertiary/aromatic N) is 2. The zero-order chi connectivity index (χ0) is 17.4. The molecule has 7 heteroatoms. The number of hydrogen-bond donors (Lipinski definition) is 1. The first kappa shape index (κ1) is 19.0. The molecule has 3 saturated heterocycles. The summed E-state index contributed by atoms with van der Waals surface area (Å²) in [4.78, 5) is 29.5. The van der Waals surface area contributed by atoms with Gasteiger partial charge < -0.3 is 19.9 Å². The van der Waals surface area contributed by atoms with E-state index in [0.717, 1.165) is 38.0 Å². The summed E-state index contributed by atoms with van der Waals surface area (Å²) in [5, 5.41) is 3.42. The van der Waals surface area contributed by atoms with Crippen LogP contribution in [-0.2, 0) is 9.59 Å². The fraction of sp³-hybridized carbons (Fsp3) is 0.579. The highest BCUT2D eigenvalue weighted by Crippen LogP contribution is 2.35. The lowest BCUT2D eigenvalue weighted by Crippen LogP contribution is -2.46. The maximum atomic E-state index is 13.2. The summed E-state index contributed by atoms with van der Waals surface area (Å²) in [6, 6.07) is 8.12. The summed E-state index contributed by atoms with van der Waals surface area (Å²) in [6.45, 7) is 2.29. The summed E-state index contributed by atoms with van der Waals surface area (Å²) in [5.41, 5.74) is 0.755. The zero-order valence-electron chi connectivity index (χ0n) is 15.0. The van der Waals surface area contributed by atoms with Crippen LogP contribution in [0, 0.1) is 5.92 Å². The third kappa shape index (κ3) is 3.28. The van der Waals surface area contributed by atoms with Gasteiger partial charge in [-0.1, -0.05) is 12.1 Å². The number of anilines is 1. The van der Waals surface area contributed by atoms with Crippen LogP contribution in [0.5, 0.6) is 5.75 Å². The van der Waals surface area contributed by atoms with Gasteiger partial charge in [0, 0.05) is 31.6 Å². The molecule has 3 aliphatic rings. The number of carbonyl (C=O) groups excluding carboxylic acids is 2. The van der Waals surface area contributed by atoms with Gasteiger partial charge in [0.15, 0.2) is 0 Å². The van der Waals surface area contributed by atoms with E-state index in [9.17, 15) is 9.59 Å². The third-order valence-electron chi connectivity index (χ3n) is 5.76. The molecule has 0 spiro atoms. The molecule has 2 bridgehead atoms. The van der Waals surface area contributed by atoms with Crippen LogP contribution in [0.4, 0.5) is 5.69 Å². The molecule has 142 valence electrons. The number of nitrogens with one attached hydrogen (secondary N) is 1. The average Bonchev–Trinajstić information content (AvgIpc) is 3.12. The Balaban J connectivity index is 0.00000196. The molecule has 3 heterocycles. The van der Waals surface area contributed by atoms with Crippen molar-refractivity contribution in [2.24, 2.45) is 5.92 Å². The summed E-state index contributed by atoms with van der Waals surface area (Å²) in [6.07, 6.45) is 3.47. The van der Waals surface area contributed by atoms with E-state index in [4.69, 9.17) is 4.74 Å². The fourth-order valence-corrected chi connectivity index (χ4v) is 4.51. The van der Waals surface area contributed by atoms with Crippen molar-refractivity contribution in [2.45, 2.75) is 37.8 Å². The Labute approximate surface area is 160 Å². The molecule has 1 aromatic rings. The lowest BCUT2D eigenvalue weighted by atomic mass is 10.1. The van der Waals surface area contributed by atoms with Gasteiger partial charge in [0.1, 0.15) is 5.75 Å². The first-order valence-corrected chi connectivity index (χ1v) is 9.15. The Kier molecular flexibility index (Phi) is 5.73. The fourth-order valence-electron chi connectivity index (χ4n) is 4.51. The average molecular weight is 380 g/mol. The molecule has 3 unspecified atom stereocenters. The Morgan fingerprint density at radius 1 is 1.19 bits per heavy atom. The lowest BCUT2D eigenvalue weighted by molar-refractivity contribution is -0.138. The van der Waals surface area contributed by atoms with Crippen molar-refractivity contribution < 1.29 is 14.3 Å². The smallest absolute Gasteiger partial charge is 0.228 e. The van der Waals surface area contributed by atoms with E-state index in [-0.39, 0.29) is 36.2 Å².